The molecule has 4 heteroatoms. The van der Waals surface area contributed by atoms with E-state index in [1.54, 1.807) is 0 Å². The number of hydrogen-bond acceptors (Lipinski definition) is 2. The molecule has 1 aliphatic heterocycles. The van der Waals surface area contributed by atoms with Gasteiger partial charge in [0.05, 0.1) is 17.4 Å². The minimum atomic E-state index is -0.591. The molecule has 0 saturated heterocycles. The first-order chi connectivity index (χ1) is 12.2. The van der Waals surface area contributed by atoms with E-state index in [1.807, 2.05) is 65.7 Å². The fourth-order valence-electron chi connectivity index (χ4n) is 3.16. The summed E-state index contributed by atoms with van der Waals surface area (Å²) in [5.41, 5.74) is 3.22. The molecule has 1 aliphatic rings. The van der Waals surface area contributed by atoms with Crippen molar-refractivity contribution in [1.82, 2.24) is 0 Å². The zero-order valence-corrected chi connectivity index (χ0v) is 13.4. The molecule has 0 aliphatic carbocycles. The number of benzene rings is 3. The van der Waals surface area contributed by atoms with E-state index < -0.39 is 11.6 Å². The normalized spacial score (nSPS) is 16.8. The second-order valence-corrected chi connectivity index (χ2v) is 6.02. The second-order valence-electron chi connectivity index (χ2n) is 6.02. The number of hydrazone groups is 1. The van der Waals surface area contributed by atoms with Gasteiger partial charge in [0, 0.05) is 18.1 Å². The summed E-state index contributed by atoms with van der Waals surface area (Å²) < 4.78 is 27.2. The molecule has 0 unspecified atom stereocenters. The van der Waals surface area contributed by atoms with Gasteiger partial charge in [-0.2, -0.15) is 5.10 Å². The molecule has 25 heavy (non-hydrogen) atoms. The molecule has 0 spiro atoms. The van der Waals surface area contributed by atoms with Gasteiger partial charge in [-0.05, 0) is 29.8 Å². The molecule has 0 amide bonds. The fourth-order valence-corrected chi connectivity index (χ4v) is 3.16. The van der Waals surface area contributed by atoms with Crippen LogP contribution < -0.4 is 5.01 Å². The molecule has 0 aromatic heterocycles. The summed E-state index contributed by atoms with van der Waals surface area (Å²) >= 11 is 0. The van der Waals surface area contributed by atoms with Crippen LogP contribution in [0.15, 0.2) is 84.0 Å². The van der Waals surface area contributed by atoms with Crippen LogP contribution in [0.4, 0.5) is 14.5 Å². The highest BCUT2D eigenvalue weighted by Crippen LogP contribution is 2.36. The lowest BCUT2D eigenvalue weighted by Crippen LogP contribution is -2.18. The Morgan fingerprint density at radius 1 is 0.800 bits per heavy atom. The van der Waals surface area contributed by atoms with Crippen molar-refractivity contribution in [3.8, 4) is 0 Å². The van der Waals surface area contributed by atoms with Gasteiger partial charge in [-0.25, -0.2) is 8.78 Å². The smallest absolute Gasteiger partial charge is 0.126 e. The highest BCUT2D eigenvalue weighted by atomic mass is 19.1. The van der Waals surface area contributed by atoms with Gasteiger partial charge in [-0.3, -0.25) is 5.01 Å². The molecule has 3 aromatic carbocycles. The van der Waals surface area contributed by atoms with Crippen LogP contribution in [0.25, 0.3) is 0 Å². The van der Waals surface area contributed by atoms with E-state index in [0.717, 1.165) is 17.3 Å². The van der Waals surface area contributed by atoms with Gasteiger partial charge in [0.15, 0.2) is 0 Å². The largest absolute Gasteiger partial charge is 0.257 e. The predicted octanol–water partition coefficient (Wildman–Crippen LogP) is 5.32. The van der Waals surface area contributed by atoms with Crippen molar-refractivity contribution in [2.45, 2.75) is 12.5 Å². The lowest BCUT2D eigenvalue weighted by atomic mass is 9.98. The van der Waals surface area contributed by atoms with E-state index in [9.17, 15) is 8.78 Å². The lowest BCUT2D eigenvalue weighted by molar-refractivity contribution is 0.582. The van der Waals surface area contributed by atoms with E-state index in [1.165, 1.54) is 12.1 Å². The van der Waals surface area contributed by atoms with Crippen molar-refractivity contribution in [3.05, 3.63) is 102 Å². The standard InChI is InChI=1S/C21H16F2N2/c22-17-11-16(12-18(23)13-17)20-14-21(15-7-3-1-4-8-15)25(24-20)19-9-5-2-6-10-19/h1-13,21H,14H2/t21-/m0/s1. The maximum Gasteiger partial charge on any atom is 0.126 e. The Hall–Kier alpha value is -3.01. The first-order valence-electron chi connectivity index (χ1n) is 8.14. The van der Waals surface area contributed by atoms with Crippen LogP contribution >= 0.6 is 0 Å². The number of rotatable bonds is 3. The number of anilines is 1. The minimum Gasteiger partial charge on any atom is -0.257 e. The van der Waals surface area contributed by atoms with Crippen LogP contribution in [0.1, 0.15) is 23.6 Å². The quantitative estimate of drug-likeness (QED) is 0.633. The van der Waals surface area contributed by atoms with Crippen LogP contribution in [0, 0.1) is 11.6 Å². The number of hydrogen-bond donors (Lipinski definition) is 0. The average molecular weight is 334 g/mol. The molecule has 0 N–H and O–H groups in total. The van der Waals surface area contributed by atoms with Crippen molar-refractivity contribution in [1.29, 1.82) is 0 Å². The monoisotopic (exact) mass is 334 g/mol. The summed E-state index contributed by atoms with van der Waals surface area (Å²) in [5.74, 6) is -1.18. The Labute approximate surface area is 145 Å². The Morgan fingerprint density at radius 2 is 1.40 bits per heavy atom. The van der Waals surface area contributed by atoms with Gasteiger partial charge in [0.2, 0.25) is 0 Å². The zero-order chi connectivity index (χ0) is 17.2. The first kappa shape index (κ1) is 15.5. The van der Waals surface area contributed by atoms with Crippen molar-refractivity contribution in [2.24, 2.45) is 5.10 Å². The molecule has 3 aromatic rings. The summed E-state index contributed by atoms with van der Waals surface area (Å²) in [5, 5.41) is 6.61. The van der Waals surface area contributed by atoms with E-state index in [0.29, 0.717) is 17.7 Å². The number of halogens is 2. The predicted molar refractivity (Wildman–Crippen MR) is 95.6 cm³/mol. The maximum absolute atomic E-state index is 13.6. The topological polar surface area (TPSA) is 15.6 Å². The SMILES string of the molecule is Fc1cc(F)cc(C2=NN(c3ccccc3)[C@H](c3ccccc3)C2)c1. The summed E-state index contributed by atoms with van der Waals surface area (Å²) in [4.78, 5) is 0. The summed E-state index contributed by atoms with van der Waals surface area (Å²) in [6, 6.07) is 23.4. The Balaban J connectivity index is 1.77. The van der Waals surface area contributed by atoms with Crippen molar-refractivity contribution < 1.29 is 8.78 Å². The average Bonchev–Trinajstić information content (AvgIpc) is 3.08. The molecule has 1 heterocycles. The molecule has 0 radical (unpaired) electrons. The highest BCUT2D eigenvalue weighted by molar-refractivity contribution is 6.03. The number of para-hydroxylation sites is 1. The molecular formula is C21H16F2N2. The summed E-state index contributed by atoms with van der Waals surface area (Å²) in [6.45, 7) is 0. The third kappa shape index (κ3) is 3.15. The van der Waals surface area contributed by atoms with Gasteiger partial charge in [-0.1, -0.05) is 48.5 Å². The van der Waals surface area contributed by atoms with E-state index in [2.05, 4.69) is 5.10 Å². The molecule has 2 nitrogen and oxygen atoms in total. The molecular weight excluding hydrogens is 318 g/mol. The highest BCUT2D eigenvalue weighted by Gasteiger charge is 2.30. The Kier molecular flexibility index (Phi) is 4.02. The van der Waals surface area contributed by atoms with Crippen molar-refractivity contribution in [3.63, 3.8) is 0 Å². The molecule has 0 saturated carbocycles. The van der Waals surface area contributed by atoms with Crippen LogP contribution in [-0.2, 0) is 0 Å². The van der Waals surface area contributed by atoms with Crippen LogP contribution in [0.5, 0.6) is 0 Å². The zero-order valence-electron chi connectivity index (χ0n) is 13.4. The van der Waals surface area contributed by atoms with Crippen LogP contribution in [-0.4, -0.2) is 5.71 Å². The Bertz CT molecular complexity index is 887. The van der Waals surface area contributed by atoms with Crippen molar-refractivity contribution >= 4 is 11.4 Å². The Morgan fingerprint density at radius 3 is 2.04 bits per heavy atom. The van der Waals surface area contributed by atoms with E-state index >= 15 is 0 Å². The van der Waals surface area contributed by atoms with Crippen molar-refractivity contribution in [2.75, 3.05) is 5.01 Å². The summed E-state index contributed by atoms with van der Waals surface area (Å²) in [7, 11) is 0. The molecule has 1 atom stereocenters. The van der Waals surface area contributed by atoms with E-state index in [4.69, 9.17) is 0 Å². The minimum absolute atomic E-state index is 0.00933. The van der Waals surface area contributed by atoms with E-state index in [-0.39, 0.29) is 6.04 Å². The fraction of sp³-hybridized carbons (Fsp3) is 0.0952. The summed E-state index contributed by atoms with van der Waals surface area (Å²) in [6.07, 6.45) is 0.585. The number of nitrogens with zero attached hydrogens (tertiary/aromatic N) is 2. The van der Waals surface area contributed by atoms with Crippen LogP contribution in [0.2, 0.25) is 0 Å². The maximum atomic E-state index is 13.6. The van der Waals surface area contributed by atoms with Gasteiger partial charge in [0.1, 0.15) is 11.6 Å². The van der Waals surface area contributed by atoms with Gasteiger partial charge >= 0.3 is 0 Å². The molecule has 0 fully saturated rings. The lowest BCUT2D eigenvalue weighted by Gasteiger charge is -2.23. The molecule has 4 rings (SSSR count). The third-order valence-corrected chi connectivity index (χ3v) is 4.31. The second kappa shape index (κ2) is 6.48. The first-order valence-corrected chi connectivity index (χ1v) is 8.14. The van der Waals surface area contributed by atoms with Gasteiger partial charge in [-0.15, -0.1) is 0 Å². The van der Waals surface area contributed by atoms with Gasteiger partial charge < -0.3 is 0 Å². The van der Waals surface area contributed by atoms with Crippen LogP contribution in [0.3, 0.4) is 0 Å². The van der Waals surface area contributed by atoms with Gasteiger partial charge in [0.25, 0.3) is 0 Å². The molecule has 0 bridgehead atoms. The third-order valence-electron chi connectivity index (χ3n) is 4.31. The molecule has 124 valence electrons.